The third-order valence-corrected chi connectivity index (χ3v) is 7.88. The Balaban J connectivity index is 1.32. The minimum atomic E-state index is -0.0559. The van der Waals surface area contributed by atoms with Crippen LogP contribution in [0.3, 0.4) is 0 Å². The average molecular weight is 510 g/mol. The number of nitrogens with zero attached hydrogens (tertiary/aromatic N) is 4. The van der Waals surface area contributed by atoms with Gasteiger partial charge in [-0.15, -0.1) is 0 Å². The van der Waals surface area contributed by atoms with E-state index < -0.39 is 0 Å². The highest BCUT2D eigenvalue weighted by Gasteiger charge is 2.27. The van der Waals surface area contributed by atoms with Crippen molar-refractivity contribution in [1.82, 2.24) is 15.2 Å². The minimum absolute atomic E-state index is 0.0559. The van der Waals surface area contributed by atoms with Crippen molar-refractivity contribution in [3.63, 3.8) is 0 Å². The monoisotopic (exact) mass is 509 g/mol. The molecule has 1 fully saturated rings. The van der Waals surface area contributed by atoms with Gasteiger partial charge in [-0.05, 0) is 99.5 Å². The Morgan fingerprint density at radius 3 is 2.42 bits per heavy atom. The molecule has 0 bridgehead atoms. The number of anilines is 1. The fourth-order valence-corrected chi connectivity index (χ4v) is 5.59. The van der Waals surface area contributed by atoms with Crippen molar-refractivity contribution in [2.75, 3.05) is 24.5 Å². The van der Waals surface area contributed by atoms with Gasteiger partial charge in [0.1, 0.15) is 0 Å². The summed E-state index contributed by atoms with van der Waals surface area (Å²) >= 11 is 0. The lowest BCUT2D eigenvalue weighted by Gasteiger charge is -2.42. The molecule has 198 valence electrons. The largest absolute Gasteiger partial charge is 0.364 e. The average Bonchev–Trinajstić information content (AvgIpc) is 2.92. The van der Waals surface area contributed by atoms with Gasteiger partial charge < -0.3 is 15.1 Å². The van der Waals surface area contributed by atoms with Gasteiger partial charge in [0.25, 0.3) is 5.91 Å². The Morgan fingerprint density at radius 2 is 1.79 bits per heavy atom. The highest BCUT2D eigenvalue weighted by molar-refractivity contribution is 5.97. The van der Waals surface area contributed by atoms with Crippen molar-refractivity contribution in [1.29, 1.82) is 5.26 Å². The number of rotatable bonds is 9. The highest BCUT2D eigenvalue weighted by atomic mass is 16.1. The standard InChI is InChI=1S/C32H39N5O/c1-23-10-14-34-21-28(23)22-37(29-8-6-5-7-9-29)30-12-16-36(17-13-30)26(4)11-15-35-32(38)31-24(2)18-27(20-33)19-25(31)3/h5-10,14,18-19,21,26,30H,11-13,15-17,22H2,1-4H3,(H,35,38). The summed E-state index contributed by atoms with van der Waals surface area (Å²) in [5, 5.41) is 12.3. The van der Waals surface area contributed by atoms with Gasteiger partial charge in [-0.2, -0.15) is 5.26 Å². The molecule has 2 heterocycles. The lowest BCUT2D eigenvalue weighted by molar-refractivity contribution is 0.0944. The van der Waals surface area contributed by atoms with Crippen LogP contribution in [0.5, 0.6) is 0 Å². The molecule has 1 amide bonds. The summed E-state index contributed by atoms with van der Waals surface area (Å²) in [4.78, 5) is 22.3. The zero-order valence-electron chi connectivity index (χ0n) is 23.1. The van der Waals surface area contributed by atoms with E-state index in [1.54, 1.807) is 12.1 Å². The van der Waals surface area contributed by atoms with E-state index in [2.05, 4.69) is 76.4 Å². The van der Waals surface area contributed by atoms with E-state index >= 15 is 0 Å². The summed E-state index contributed by atoms with van der Waals surface area (Å²) in [5.41, 5.74) is 6.78. The first-order chi connectivity index (χ1) is 18.4. The molecule has 1 saturated heterocycles. The number of likely N-dealkylation sites (tertiary alicyclic amines) is 1. The number of amides is 1. The van der Waals surface area contributed by atoms with E-state index in [-0.39, 0.29) is 5.91 Å². The minimum Gasteiger partial charge on any atom is -0.364 e. The van der Waals surface area contributed by atoms with Crippen molar-refractivity contribution in [3.8, 4) is 6.07 Å². The summed E-state index contributed by atoms with van der Waals surface area (Å²) in [7, 11) is 0. The van der Waals surface area contributed by atoms with Crippen molar-refractivity contribution >= 4 is 11.6 Å². The lowest BCUT2D eigenvalue weighted by atomic mass is 9.98. The molecular weight excluding hydrogens is 470 g/mol. The van der Waals surface area contributed by atoms with Crippen LogP contribution in [0.15, 0.2) is 60.9 Å². The van der Waals surface area contributed by atoms with Crippen molar-refractivity contribution in [2.45, 2.75) is 65.6 Å². The molecule has 1 unspecified atom stereocenters. The number of hydrogen-bond donors (Lipinski definition) is 1. The third-order valence-electron chi connectivity index (χ3n) is 7.88. The second-order valence-electron chi connectivity index (χ2n) is 10.5. The number of nitrogens with one attached hydrogen (secondary N) is 1. The molecular formula is C32H39N5O. The maximum atomic E-state index is 12.9. The summed E-state index contributed by atoms with van der Waals surface area (Å²) in [6, 6.07) is 19.4. The number of aryl methyl sites for hydroxylation is 3. The SMILES string of the molecule is Cc1ccncc1CN(c1ccccc1)C1CCN(C(C)CCNC(=O)c2c(C)cc(C#N)cc2C)CC1. The highest BCUT2D eigenvalue weighted by Crippen LogP contribution is 2.27. The quantitative estimate of drug-likeness (QED) is 0.409. The van der Waals surface area contributed by atoms with Gasteiger partial charge in [-0.3, -0.25) is 9.78 Å². The van der Waals surface area contributed by atoms with Crippen LogP contribution in [-0.4, -0.2) is 47.5 Å². The fraction of sp³-hybridized carbons (Fsp3) is 0.406. The Labute approximate surface area is 227 Å². The number of carbonyl (C=O) groups excluding carboxylic acids is 1. The molecule has 6 heteroatoms. The van der Waals surface area contributed by atoms with Gasteiger partial charge in [-0.25, -0.2) is 0 Å². The Hall–Kier alpha value is -3.69. The van der Waals surface area contributed by atoms with Gasteiger partial charge in [0.2, 0.25) is 0 Å². The van der Waals surface area contributed by atoms with Crippen LogP contribution in [-0.2, 0) is 6.54 Å². The Morgan fingerprint density at radius 1 is 1.11 bits per heavy atom. The van der Waals surface area contributed by atoms with E-state index in [1.807, 2.05) is 26.2 Å². The fourth-order valence-electron chi connectivity index (χ4n) is 5.59. The predicted molar refractivity (Wildman–Crippen MR) is 153 cm³/mol. The molecule has 0 aliphatic carbocycles. The van der Waals surface area contributed by atoms with Crippen molar-refractivity contribution in [3.05, 3.63) is 94.3 Å². The number of aromatic nitrogens is 1. The van der Waals surface area contributed by atoms with Gasteiger partial charge in [0, 0.05) is 61.9 Å². The molecule has 1 aliphatic heterocycles. The van der Waals surface area contributed by atoms with Gasteiger partial charge >= 0.3 is 0 Å². The molecule has 0 radical (unpaired) electrons. The third kappa shape index (κ3) is 6.59. The van der Waals surface area contributed by atoms with E-state index in [0.29, 0.717) is 29.8 Å². The van der Waals surface area contributed by atoms with Crippen LogP contribution in [0.1, 0.15) is 64.4 Å². The molecule has 4 rings (SSSR count). The first-order valence-corrected chi connectivity index (χ1v) is 13.6. The Kier molecular flexibility index (Phi) is 9.15. The van der Waals surface area contributed by atoms with Gasteiger partial charge in [0.05, 0.1) is 11.6 Å². The molecule has 0 saturated carbocycles. The zero-order valence-corrected chi connectivity index (χ0v) is 23.1. The smallest absolute Gasteiger partial charge is 0.251 e. The Bertz CT molecular complexity index is 1250. The van der Waals surface area contributed by atoms with E-state index in [0.717, 1.165) is 50.0 Å². The molecule has 3 aromatic rings. The number of piperidine rings is 1. The predicted octanol–water partition coefficient (Wildman–Crippen LogP) is 5.56. The first-order valence-electron chi connectivity index (χ1n) is 13.6. The second-order valence-corrected chi connectivity index (χ2v) is 10.5. The molecule has 38 heavy (non-hydrogen) atoms. The molecule has 1 aromatic heterocycles. The number of hydrogen-bond acceptors (Lipinski definition) is 5. The van der Waals surface area contributed by atoms with Crippen molar-refractivity contribution in [2.24, 2.45) is 0 Å². The topological polar surface area (TPSA) is 72.3 Å². The number of benzene rings is 2. The van der Waals surface area contributed by atoms with Crippen LogP contribution in [0.4, 0.5) is 5.69 Å². The maximum absolute atomic E-state index is 12.9. The molecule has 1 aliphatic rings. The normalized spacial score (nSPS) is 15.0. The molecule has 6 nitrogen and oxygen atoms in total. The van der Waals surface area contributed by atoms with E-state index in [4.69, 9.17) is 5.26 Å². The molecule has 1 N–H and O–H groups in total. The molecule has 1 atom stereocenters. The number of pyridine rings is 1. The van der Waals surface area contributed by atoms with E-state index in [1.165, 1.54) is 16.8 Å². The lowest BCUT2D eigenvalue weighted by Crippen LogP contribution is -2.48. The summed E-state index contributed by atoms with van der Waals surface area (Å²) in [5.74, 6) is -0.0559. The van der Waals surface area contributed by atoms with Crippen LogP contribution in [0.2, 0.25) is 0 Å². The zero-order chi connectivity index (χ0) is 27.1. The first kappa shape index (κ1) is 27.3. The van der Waals surface area contributed by atoms with Crippen LogP contribution >= 0.6 is 0 Å². The molecule has 0 spiro atoms. The summed E-state index contributed by atoms with van der Waals surface area (Å²) < 4.78 is 0. The van der Waals surface area contributed by atoms with Gasteiger partial charge in [-0.1, -0.05) is 18.2 Å². The van der Waals surface area contributed by atoms with E-state index in [9.17, 15) is 4.79 Å². The van der Waals surface area contributed by atoms with Crippen LogP contribution in [0.25, 0.3) is 0 Å². The summed E-state index contributed by atoms with van der Waals surface area (Å²) in [6.07, 6.45) is 6.98. The van der Waals surface area contributed by atoms with Crippen molar-refractivity contribution < 1.29 is 4.79 Å². The second kappa shape index (κ2) is 12.7. The van der Waals surface area contributed by atoms with Crippen LogP contribution in [0, 0.1) is 32.1 Å². The number of carbonyl (C=O) groups is 1. The van der Waals surface area contributed by atoms with Gasteiger partial charge in [0.15, 0.2) is 0 Å². The summed E-state index contributed by atoms with van der Waals surface area (Å²) in [6.45, 7) is 11.8. The molecule has 2 aromatic carbocycles. The number of para-hydroxylation sites is 1. The number of nitriles is 1. The van der Waals surface area contributed by atoms with Crippen LogP contribution < -0.4 is 10.2 Å². The maximum Gasteiger partial charge on any atom is 0.251 e.